The second-order valence-corrected chi connectivity index (χ2v) is 22.1. The van der Waals surface area contributed by atoms with Gasteiger partial charge in [0, 0.05) is 19.3 Å². The molecule has 0 spiro atoms. The molecular weight excluding hydrogens is 1140 g/mol. The predicted molar refractivity (Wildman–Crippen MR) is 321 cm³/mol. The van der Waals surface area contributed by atoms with Gasteiger partial charge in [-0.25, -0.2) is 9.59 Å². The number of aliphatic hydroxyl groups is 5. The monoisotopic (exact) mass is 1230 g/mol. The number of hydrogen-bond acceptors (Lipinski definition) is 19. The first-order valence-corrected chi connectivity index (χ1v) is 29.8. The van der Waals surface area contributed by atoms with Crippen molar-refractivity contribution in [3.63, 3.8) is 0 Å². The van der Waals surface area contributed by atoms with E-state index in [0.29, 0.717) is 58.9 Å². The van der Waals surface area contributed by atoms with Gasteiger partial charge in [0.2, 0.25) is 0 Å². The Hall–Kier alpha value is -6.13. The quantitative estimate of drug-likeness (QED) is 0.0501. The fourth-order valence-electron chi connectivity index (χ4n) is 10.1. The lowest BCUT2D eigenvalue weighted by Gasteiger charge is -2.35. The molecule has 12 N–H and O–H groups in total. The maximum Gasteiger partial charge on any atom is 0.335 e. The molecule has 482 valence electrons. The zero-order valence-electron chi connectivity index (χ0n) is 49.5. The van der Waals surface area contributed by atoms with Gasteiger partial charge in [-0.3, -0.25) is 4.79 Å². The van der Waals surface area contributed by atoms with E-state index in [-0.39, 0.29) is 88.0 Å². The van der Waals surface area contributed by atoms with Crippen LogP contribution in [0.25, 0.3) is 0 Å². The highest BCUT2D eigenvalue weighted by Crippen LogP contribution is 2.28. The highest BCUT2D eigenvalue weighted by Gasteiger charge is 2.43. The molecule has 0 radical (unpaired) electrons. The Kier molecular flexibility index (Phi) is 31.5. The maximum atomic E-state index is 10.9. The van der Waals surface area contributed by atoms with Gasteiger partial charge in [-0.05, 0) is 47.1 Å². The highest BCUT2D eigenvalue weighted by atomic mass is 16.6. The van der Waals surface area contributed by atoms with Crippen LogP contribution < -0.4 is 11.5 Å². The first-order chi connectivity index (χ1) is 42.6. The SMILES string of the molecule is NC1COC(CO)C[C@H]1OCc1ccccc1.NC1COC(CO)C[C@H]1OCc1ccccc1.O=C(O)C1CCC[C@H](OCc2ccccc2)C1.O=C(O)C1C[C@@H](OCc2ccccc2)C(O)CO1.O=C(O)C1OCC(O)[C@H](OCc2ccccc2)[C@@H]1O. The van der Waals surface area contributed by atoms with Gasteiger partial charge in [0.05, 0.1) is 127 Å². The second kappa shape index (κ2) is 39.1. The molecule has 88 heavy (non-hydrogen) atoms. The average Bonchev–Trinajstić information content (AvgIpc) is 3.60. The molecule has 1 aliphatic carbocycles. The van der Waals surface area contributed by atoms with Crippen LogP contribution in [-0.2, 0) is 90.0 Å². The zero-order chi connectivity index (χ0) is 63.0. The molecule has 22 heteroatoms. The van der Waals surface area contributed by atoms with Crippen molar-refractivity contribution in [3.8, 4) is 0 Å². The molecule has 5 aromatic carbocycles. The molecule has 22 nitrogen and oxygen atoms in total. The predicted octanol–water partition coefficient (Wildman–Crippen LogP) is 4.79. The van der Waals surface area contributed by atoms with E-state index in [0.717, 1.165) is 47.1 Å². The van der Waals surface area contributed by atoms with Crippen LogP contribution in [0.2, 0.25) is 0 Å². The Labute approximate surface area is 513 Å². The molecule has 0 aromatic heterocycles. The van der Waals surface area contributed by atoms with Crippen molar-refractivity contribution >= 4 is 17.9 Å². The van der Waals surface area contributed by atoms with Crippen molar-refractivity contribution in [2.75, 3.05) is 39.6 Å². The smallest absolute Gasteiger partial charge is 0.335 e. The number of rotatable bonds is 20. The Morgan fingerprint density at radius 2 is 0.830 bits per heavy atom. The summed E-state index contributed by atoms with van der Waals surface area (Å²) in [5.74, 6) is -3.19. The third-order valence-electron chi connectivity index (χ3n) is 15.2. The average molecular weight is 1230 g/mol. The third-order valence-corrected chi connectivity index (χ3v) is 15.2. The summed E-state index contributed by atoms with van der Waals surface area (Å²) in [7, 11) is 0. The second-order valence-electron chi connectivity index (χ2n) is 22.1. The van der Waals surface area contributed by atoms with Gasteiger partial charge in [0.15, 0.2) is 12.2 Å². The largest absolute Gasteiger partial charge is 0.481 e. The molecule has 4 heterocycles. The van der Waals surface area contributed by atoms with E-state index in [4.69, 9.17) is 79.6 Å². The Morgan fingerprint density at radius 3 is 1.23 bits per heavy atom. The maximum absolute atomic E-state index is 10.9. The van der Waals surface area contributed by atoms with Crippen molar-refractivity contribution in [1.82, 2.24) is 0 Å². The number of aliphatic carboxylic acids is 3. The number of hydrogen-bond donors (Lipinski definition) is 10. The van der Waals surface area contributed by atoms with Crippen LogP contribution in [0.3, 0.4) is 0 Å². The number of carbonyl (C=O) groups is 3. The van der Waals surface area contributed by atoms with Crippen molar-refractivity contribution < 1.29 is 97.9 Å². The van der Waals surface area contributed by atoms with Gasteiger partial charge in [0.25, 0.3) is 0 Å². The van der Waals surface area contributed by atoms with Crippen LogP contribution in [-0.4, -0.2) is 184 Å². The summed E-state index contributed by atoms with van der Waals surface area (Å²) < 4.78 is 49.0. The first kappa shape index (κ1) is 71.0. The Balaban J connectivity index is 0.000000176. The minimum atomic E-state index is -1.40. The van der Waals surface area contributed by atoms with Crippen LogP contribution in [0.15, 0.2) is 152 Å². The zero-order valence-corrected chi connectivity index (χ0v) is 49.5. The molecule has 4 saturated heterocycles. The lowest BCUT2D eigenvalue weighted by atomic mass is 9.87. The summed E-state index contributed by atoms with van der Waals surface area (Å²) >= 11 is 0. The summed E-state index contributed by atoms with van der Waals surface area (Å²) in [5, 5.41) is 74.1. The minimum absolute atomic E-state index is 0.00355. The number of nitrogens with two attached hydrogens (primary N) is 2. The van der Waals surface area contributed by atoms with Crippen LogP contribution >= 0.6 is 0 Å². The standard InChI is InChI=1S/C14H18O3.2C13H19NO3.C13H16O6.C13H16O5/c15-14(16)12-7-4-8-13(9-12)17-10-11-5-2-1-3-6-11;2*14-12-9-16-11(7-15)6-13(12)17-8-10-4-2-1-3-5-10;14-9-7-19-12(13(16)17)10(15)11(9)18-6-8-4-2-1-3-5-8;14-10-8-18-12(13(15)16)6-11(10)17-7-9-4-2-1-3-5-9/h1-3,5-6,12-13H,4,7-10H2,(H,15,16);2*1-5,11-13,15H,6-9,14H2;1-5,9-12,14-15H,6-7H2,(H,16,17);1-5,10-12,14H,6-8H2,(H,15,16)/t12?,13-;2*11?,12?,13-;9?,10-,11-,12?;10?,11-,12?/m01101/s1. The first-order valence-electron chi connectivity index (χ1n) is 29.8. The van der Waals surface area contributed by atoms with Crippen molar-refractivity contribution in [1.29, 1.82) is 0 Å². The van der Waals surface area contributed by atoms with Gasteiger partial charge in [0.1, 0.15) is 24.4 Å². The molecule has 5 aliphatic rings. The van der Waals surface area contributed by atoms with Gasteiger partial charge in [-0.1, -0.05) is 158 Å². The molecule has 0 bridgehead atoms. The minimum Gasteiger partial charge on any atom is -0.481 e. The summed E-state index contributed by atoms with van der Waals surface area (Å²) in [6.07, 6.45) is -2.36. The van der Waals surface area contributed by atoms with E-state index < -0.39 is 60.6 Å². The summed E-state index contributed by atoms with van der Waals surface area (Å²) in [6.45, 7) is 3.00. The number of benzene rings is 5. The Morgan fingerprint density at radius 1 is 0.432 bits per heavy atom. The number of ether oxygens (including phenoxy) is 9. The molecule has 10 rings (SSSR count). The highest BCUT2D eigenvalue weighted by molar-refractivity contribution is 5.73. The molecule has 0 amide bonds. The van der Waals surface area contributed by atoms with Crippen molar-refractivity contribution in [2.45, 2.75) is 163 Å². The van der Waals surface area contributed by atoms with E-state index >= 15 is 0 Å². The van der Waals surface area contributed by atoms with Gasteiger partial charge in [-0.2, -0.15) is 0 Å². The third kappa shape index (κ3) is 25.0. The van der Waals surface area contributed by atoms with E-state index in [1.165, 1.54) is 0 Å². The number of carboxylic acid groups (broad SMARTS) is 3. The van der Waals surface area contributed by atoms with Gasteiger partial charge in [-0.15, -0.1) is 0 Å². The van der Waals surface area contributed by atoms with E-state index in [2.05, 4.69) is 0 Å². The fourth-order valence-corrected chi connectivity index (χ4v) is 10.1. The molecule has 5 fully saturated rings. The van der Waals surface area contributed by atoms with Gasteiger partial charge >= 0.3 is 17.9 Å². The number of carboxylic acids is 3. The summed E-state index contributed by atoms with van der Waals surface area (Å²) in [5.41, 5.74) is 17.1. The lowest BCUT2D eigenvalue weighted by Crippen LogP contribution is -2.56. The molecule has 15 atom stereocenters. The molecule has 9 unspecified atom stereocenters. The normalized spacial score (nSPS) is 28.4. The van der Waals surface area contributed by atoms with Crippen LogP contribution in [0.4, 0.5) is 0 Å². The molecular formula is C66H88N2O20. The van der Waals surface area contributed by atoms with Crippen molar-refractivity contribution in [3.05, 3.63) is 179 Å². The molecule has 1 saturated carbocycles. The summed E-state index contributed by atoms with van der Waals surface area (Å²) in [4.78, 5) is 32.6. The van der Waals surface area contributed by atoms with Crippen molar-refractivity contribution in [2.24, 2.45) is 17.4 Å². The topological polar surface area (TPSA) is 348 Å². The number of aliphatic hydroxyl groups excluding tert-OH is 5. The van der Waals surface area contributed by atoms with E-state index in [9.17, 15) is 29.7 Å². The molecule has 5 aromatic rings. The Bertz CT molecular complexity index is 2620. The molecule has 4 aliphatic heterocycles. The van der Waals surface area contributed by atoms with Crippen LogP contribution in [0, 0.1) is 5.92 Å². The van der Waals surface area contributed by atoms with Crippen LogP contribution in [0.5, 0.6) is 0 Å². The van der Waals surface area contributed by atoms with Crippen LogP contribution in [0.1, 0.15) is 72.8 Å². The van der Waals surface area contributed by atoms with E-state index in [1.807, 2.05) is 152 Å². The summed E-state index contributed by atoms with van der Waals surface area (Å²) in [6, 6.07) is 48.5. The van der Waals surface area contributed by atoms with E-state index in [1.54, 1.807) is 0 Å². The fraction of sp³-hybridized carbons (Fsp3) is 0.500. The lowest BCUT2D eigenvalue weighted by molar-refractivity contribution is -0.215. The van der Waals surface area contributed by atoms with Gasteiger partial charge < -0.3 is 95.0 Å².